The highest BCUT2D eigenvalue weighted by atomic mass is 16.2. The molecule has 1 aliphatic rings. The smallest absolute Gasteiger partial charge is 0.243 e. The van der Waals surface area contributed by atoms with Crippen molar-refractivity contribution >= 4 is 11.8 Å². The van der Waals surface area contributed by atoms with Crippen LogP contribution in [0, 0.1) is 6.92 Å². The Bertz CT molecular complexity index is 501. The summed E-state index contributed by atoms with van der Waals surface area (Å²) in [6.07, 6.45) is 0. The van der Waals surface area contributed by atoms with Crippen molar-refractivity contribution in [1.29, 1.82) is 0 Å². The standard InChI is InChI=1S/C14H19N3O2/c1-9-5-3-4-6-11(9)12(7-15)17-8-13(18)16-14(19)10(17)2/h3-6,10,12H,7-8,15H2,1-2H3,(H,16,18,19). The number of benzene rings is 1. The summed E-state index contributed by atoms with van der Waals surface area (Å²) in [5.74, 6) is -0.529. The molecule has 0 aliphatic carbocycles. The Morgan fingerprint density at radius 2 is 2.11 bits per heavy atom. The van der Waals surface area contributed by atoms with E-state index in [-0.39, 0.29) is 30.4 Å². The van der Waals surface area contributed by atoms with Crippen molar-refractivity contribution in [1.82, 2.24) is 10.2 Å². The quantitative estimate of drug-likeness (QED) is 0.769. The number of hydrogen-bond acceptors (Lipinski definition) is 4. The SMILES string of the molecule is Cc1ccccc1C(CN)N1CC(=O)NC(=O)C1C. The molecular formula is C14H19N3O2. The number of nitrogens with one attached hydrogen (secondary N) is 1. The third kappa shape index (κ3) is 2.67. The van der Waals surface area contributed by atoms with Crippen LogP contribution in [0.15, 0.2) is 24.3 Å². The minimum absolute atomic E-state index is 0.119. The van der Waals surface area contributed by atoms with Crippen molar-refractivity contribution in [2.45, 2.75) is 25.9 Å². The van der Waals surface area contributed by atoms with Gasteiger partial charge in [-0.3, -0.25) is 19.8 Å². The van der Waals surface area contributed by atoms with Gasteiger partial charge in [0.05, 0.1) is 12.6 Å². The van der Waals surface area contributed by atoms with Crippen LogP contribution in [-0.2, 0) is 9.59 Å². The second kappa shape index (κ2) is 5.50. The highest BCUT2D eigenvalue weighted by Crippen LogP contribution is 2.25. The molecule has 3 N–H and O–H groups in total. The van der Waals surface area contributed by atoms with E-state index in [1.54, 1.807) is 6.92 Å². The molecule has 2 amide bonds. The maximum Gasteiger partial charge on any atom is 0.243 e. The molecule has 1 heterocycles. The van der Waals surface area contributed by atoms with E-state index < -0.39 is 0 Å². The fourth-order valence-corrected chi connectivity index (χ4v) is 2.52. The summed E-state index contributed by atoms with van der Waals surface area (Å²) in [7, 11) is 0. The third-order valence-corrected chi connectivity index (χ3v) is 3.64. The van der Waals surface area contributed by atoms with E-state index in [1.165, 1.54) is 0 Å². The van der Waals surface area contributed by atoms with Crippen LogP contribution in [0.4, 0.5) is 0 Å². The zero-order valence-corrected chi connectivity index (χ0v) is 11.2. The Labute approximate surface area is 112 Å². The number of carbonyl (C=O) groups is 2. The number of imide groups is 1. The third-order valence-electron chi connectivity index (χ3n) is 3.64. The predicted molar refractivity (Wildman–Crippen MR) is 72.3 cm³/mol. The molecule has 2 rings (SSSR count). The van der Waals surface area contributed by atoms with Crippen LogP contribution in [0.5, 0.6) is 0 Å². The van der Waals surface area contributed by atoms with Crippen LogP contribution in [-0.4, -0.2) is 35.8 Å². The molecule has 0 bridgehead atoms. The van der Waals surface area contributed by atoms with E-state index >= 15 is 0 Å². The molecule has 1 fully saturated rings. The van der Waals surface area contributed by atoms with Crippen LogP contribution >= 0.6 is 0 Å². The van der Waals surface area contributed by atoms with Gasteiger partial charge >= 0.3 is 0 Å². The van der Waals surface area contributed by atoms with Gasteiger partial charge in [-0.15, -0.1) is 0 Å². The van der Waals surface area contributed by atoms with Gasteiger partial charge in [-0.25, -0.2) is 0 Å². The van der Waals surface area contributed by atoms with Gasteiger partial charge in [-0.1, -0.05) is 24.3 Å². The van der Waals surface area contributed by atoms with Gasteiger partial charge in [-0.2, -0.15) is 0 Å². The molecule has 0 spiro atoms. The fourth-order valence-electron chi connectivity index (χ4n) is 2.52. The van der Waals surface area contributed by atoms with E-state index in [2.05, 4.69) is 5.32 Å². The molecular weight excluding hydrogens is 242 g/mol. The van der Waals surface area contributed by atoms with Crippen LogP contribution in [0.3, 0.4) is 0 Å². The van der Waals surface area contributed by atoms with Crippen LogP contribution in [0.1, 0.15) is 24.1 Å². The van der Waals surface area contributed by atoms with Crippen LogP contribution in [0.2, 0.25) is 0 Å². The number of nitrogens with two attached hydrogens (primary N) is 1. The predicted octanol–water partition coefficient (Wildman–Crippen LogP) is 0.342. The van der Waals surface area contributed by atoms with Gasteiger partial charge in [0.1, 0.15) is 0 Å². The number of nitrogens with zero attached hydrogens (tertiary/aromatic N) is 1. The Hall–Kier alpha value is -1.72. The van der Waals surface area contributed by atoms with Crippen molar-refractivity contribution in [3.05, 3.63) is 35.4 Å². The van der Waals surface area contributed by atoms with Gasteiger partial charge in [0, 0.05) is 12.6 Å². The number of piperazine rings is 1. The first kappa shape index (κ1) is 13.7. The number of amides is 2. The summed E-state index contributed by atoms with van der Waals surface area (Å²) < 4.78 is 0. The Kier molecular flexibility index (Phi) is 3.97. The zero-order valence-electron chi connectivity index (χ0n) is 11.2. The first-order valence-corrected chi connectivity index (χ1v) is 6.39. The van der Waals surface area contributed by atoms with Gasteiger partial charge in [-0.05, 0) is 25.0 Å². The van der Waals surface area contributed by atoms with Crippen LogP contribution < -0.4 is 11.1 Å². The van der Waals surface area contributed by atoms with Crippen LogP contribution in [0.25, 0.3) is 0 Å². The van der Waals surface area contributed by atoms with Crippen molar-refractivity contribution in [3.63, 3.8) is 0 Å². The maximum absolute atomic E-state index is 11.7. The van der Waals surface area contributed by atoms with Crippen molar-refractivity contribution in [3.8, 4) is 0 Å². The second-order valence-corrected chi connectivity index (χ2v) is 4.87. The van der Waals surface area contributed by atoms with Gasteiger partial charge in [0.2, 0.25) is 11.8 Å². The molecule has 2 atom stereocenters. The Balaban J connectivity index is 2.33. The van der Waals surface area contributed by atoms with Gasteiger partial charge in [0.15, 0.2) is 0 Å². The van der Waals surface area contributed by atoms with Gasteiger partial charge in [0.25, 0.3) is 0 Å². The minimum atomic E-state index is -0.356. The molecule has 5 nitrogen and oxygen atoms in total. The molecule has 0 aromatic heterocycles. The average molecular weight is 261 g/mol. The summed E-state index contributed by atoms with van der Waals surface area (Å²) in [4.78, 5) is 25.2. The monoisotopic (exact) mass is 261 g/mol. The molecule has 102 valence electrons. The highest BCUT2D eigenvalue weighted by Gasteiger charge is 2.35. The molecule has 1 aliphatic heterocycles. The topological polar surface area (TPSA) is 75.4 Å². The summed E-state index contributed by atoms with van der Waals surface area (Å²) >= 11 is 0. The zero-order chi connectivity index (χ0) is 14.0. The normalized spacial score (nSPS) is 22.2. The lowest BCUT2D eigenvalue weighted by atomic mass is 9.97. The fraction of sp³-hybridized carbons (Fsp3) is 0.429. The molecule has 1 aromatic carbocycles. The lowest BCUT2D eigenvalue weighted by molar-refractivity contribution is -0.140. The molecule has 0 radical (unpaired) electrons. The first-order chi connectivity index (χ1) is 9.04. The van der Waals surface area contributed by atoms with Crippen molar-refractivity contribution in [2.75, 3.05) is 13.1 Å². The summed E-state index contributed by atoms with van der Waals surface area (Å²) in [6.45, 7) is 4.37. The summed E-state index contributed by atoms with van der Waals surface area (Å²) in [6, 6.07) is 7.44. The van der Waals surface area contributed by atoms with E-state index in [1.807, 2.05) is 36.1 Å². The molecule has 19 heavy (non-hydrogen) atoms. The number of carbonyl (C=O) groups excluding carboxylic acids is 2. The molecule has 1 aromatic rings. The Morgan fingerprint density at radius 1 is 1.42 bits per heavy atom. The summed E-state index contributed by atoms with van der Waals surface area (Å²) in [5, 5.41) is 2.34. The van der Waals surface area contributed by atoms with E-state index in [9.17, 15) is 9.59 Å². The number of hydrogen-bond donors (Lipinski definition) is 2. The average Bonchev–Trinajstić information content (AvgIpc) is 2.38. The van der Waals surface area contributed by atoms with E-state index in [4.69, 9.17) is 5.73 Å². The van der Waals surface area contributed by atoms with Crippen molar-refractivity contribution < 1.29 is 9.59 Å². The largest absolute Gasteiger partial charge is 0.329 e. The minimum Gasteiger partial charge on any atom is -0.329 e. The van der Waals surface area contributed by atoms with E-state index in [0.717, 1.165) is 11.1 Å². The lowest BCUT2D eigenvalue weighted by Crippen LogP contribution is -2.58. The second-order valence-electron chi connectivity index (χ2n) is 4.87. The lowest BCUT2D eigenvalue weighted by Gasteiger charge is -2.38. The first-order valence-electron chi connectivity index (χ1n) is 6.39. The number of aryl methyl sites for hydroxylation is 1. The highest BCUT2D eigenvalue weighted by molar-refractivity contribution is 6.00. The Morgan fingerprint density at radius 3 is 2.74 bits per heavy atom. The molecule has 2 unspecified atom stereocenters. The summed E-state index contributed by atoms with van der Waals surface area (Å²) in [5.41, 5.74) is 8.06. The molecule has 1 saturated heterocycles. The van der Waals surface area contributed by atoms with Gasteiger partial charge < -0.3 is 5.73 Å². The maximum atomic E-state index is 11.7. The van der Waals surface area contributed by atoms with E-state index in [0.29, 0.717) is 6.54 Å². The molecule has 0 saturated carbocycles. The molecule has 5 heteroatoms. The number of rotatable bonds is 3. The van der Waals surface area contributed by atoms with Crippen molar-refractivity contribution in [2.24, 2.45) is 5.73 Å².